The van der Waals surface area contributed by atoms with Gasteiger partial charge in [-0.15, -0.1) is 0 Å². The molecule has 3 aromatic heterocycles. The Balaban J connectivity index is 1.72. The van der Waals surface area contributed by atoms with Crippen LogP contribution in [0.25, 0.3) is 10.9 Å². The van der Waals surface area contributed by atoms with E-state index >= 15 is 0 Å². The molecule has 0 saturated carbocycles. The molecule has 4 aromatic rings. The summed E-state index contributed by atoms with van der Waals surface area (Å²) in [6.45, 7) is 0. The Kier molecular flexibility index (Phi) is 5.45. The molecule has 2 N–H and O–H groups in total. The van der Waals surface area contributed by atoms with Crippen molar-refractivity contribution in [2.75, 3.05) is 10.6 Å². The van der Waals surface area contributed by atoms with E-state index in [4.69, 9.17) is 11.6 Å². The van der Waals surface area contributed by atoms with E-state index in [1.54, 1.807) is 36.5 Å². The summed E-state index contributed by atoms with van der Waals surface area (Å²) in [4.78, 5) is 26.7. The Morgan fingerprint density at radius 1 is 0.969 bits per heavy atom. The molecule has 0 unspecified atom stereocenters. The van der Waals surface area contributed by atoms with Crippen LogP contribution in [-0.2, 0) is 6.18 Å². The van der Waals surface area contributed by atoms with Crippen LogP contribution in [0.4, 0.5) is 42.0 Å². The fourth-order valence-corrected chi connectivity index (χ4v) is 3.09. The molecule has 0 saturated heterocycles. The van der Waals surface area contributed by atoms with Crippen LogP contribution in [0.2, 0.25) is 5.02 Å². The second-order valence-electron chi connectivity index (χ2n) is 6.35. The van der Waals surface area contributed by atoms with Crippen LogP contribution in [0.3, 0.4) is 0 Å². The number of aromatic nitrogens is 4. The van der Waals surface area contributed by atoms with Crippen molar-refractivity contribution in [3.05, 3.63) is 75.8 Å². The van der Waals surface area contributed by atoms with Crippen molar-refractivity contribution in [3.8, 4) is 0 Å². The van der Waals surface area contributed by atoms with Gasteiger partial charge in [0.2, 0.25) is 11.6 Å². The molecule has 0 bridgehead atoms. The molecule has 13 heteroatoms. The number of fused-ring (bicyclic) bond motifs is 1. The van der Waals surface area contributed by atoms with Crippen molar-refractivity contribution < 1.29 is 18.1 Å². The van der Waals surface area contributed by atoms with E-state index in [0.29, 0.717) is 28.9 Å². The molecule has 0 atom stereocenters. The van der Waals surface area contributed by atoms with Crippen LogP contribution in [-0.4, -0.2) is 24.9 Å². The standard InChI is InChI=1S/C19H11ClF3N7O2/c20-12-7-10(19(21,22)23)8-25-16(12)29-18-15(30(31)32)17(26-9-27-18)28-14-5-1-4-13-11(14)3-2-6-24-13/h1-9H,(H2,25,26,27,28,29). The Morgan fingerprint density at radius 3 is 2.41 bits per heavy atom. The van der Waals surface area contributed by atoms with Gasteiger partial charge in [0.1, 0.15) is 6.33 Å². The van der Waals surface area contributed by atoms with Crippen molar-refractivity contribution >= 4 is 51.3 Å². The highest BCUT2D eigenvalue weighted by Crippen LogP contribution is 2.37. The van der Waals surface area contributed by atoms with Crippen LogP contribution in [0.5, 0.6) is 0 Å². The van der Waals surface area contributed by atoms with E-state index in [2.05, 4.69) is 30.6 Å². The molecule has 0 radical (unpaired) electrons. The number of pyridine rings is 2. The number of rotatable bonds is 5. The van der Waals surface area contributed by atoms with Gasteiger partial charge >= 0.3 is 11.9 Å². The van der Waals surface area contributed by atoms with Crippen LogP contribution in [0, 0.1) is 10.1 Å². The summed E-state index contributed by atoms with van der Waals surface area (Å²) in [5.41, 5.74) is -0.439. The minimum absolute atomic E-state index is 0.146. The smallest absolute Gasteiger partial charge is 0.334 e. The zero-order valence-electron chi connectivity index (χ0n) is 15.8. The summed E-state index contributed by atoms with van der Waals surface area (Å²) < 4.78 is 38.5. The van der Waals surface area contributed by atoms with Crippen molar-refractivity contribution in [2.24, 2.45) is 0 Å². The number of benzene rings is 1. The average Bonchev–Trinajstić information content (AvgIpc) is 2.74. The molecular weight excluding hydrogens is 451 g/mol. The summed E-state index contributed by atoms with van der Waals surface area (Å²) in [5.74, 6) is -0.686. The second kappa shape index (κ2) is 8.23. The number of halogens is 4. The number of hydrogen-bond donors (Lipinski definition) is 2. The van der Waals surface area contributed by atoms with E-state index in [1.165, 1.54) is 0 Å². The maximum Gasteiger partial charge on any atom is 0.417 e. The van der Waals surface area contributed by atoms with E-state index in [1.807, 2.05) is 0 Å². The zero-order chi connectivity index (χ0) is 22.9. The fourth-order valence-electron chi connectivity index (χ4n) is 2.87. The largest absolute Gasteiger partial charge is 0.417 e. The molecule has 0 spiro atoms. The minimum Gasteiger partial charge on any atom is -0.334 e. The van der Waals surface area contributed by atoms with Crippen LogP contribution < -0.4 is 10.6 Å². The number of alkyl halides is 3. The predicted molar refractivity (Wildman–Crippen MR) is 111 cm³/mol. The number of hydrogen-bond acceptors (Lipinski definition) is 8. The molecular formula is C19H11ClF3N7O2. The van der Waals surface area contributed by atoms with Gasteiger partial charge in [0, 0.05) is 23.5 Å². The highest BCUT2D eigenvalue weighted by atomic mass is 35.5. The first-order chi connectivity index (χ1) is 15.2. The van der Waals surface area contributed by atoms with E-state index in [-0.39, 0.29) is 22.5 Å². The molecule has 9 nitrogen and oxygen atoms in total. The Bertz CT molecular complexity index is 1330. The topological polar surface area (TPSA) is 119 Å². The van der Waals surface area contributed by atoms with Crippen LogP contribution in [0.15, 0.2) is 55.1 Å². The van der Waals surface area contributed by atoms with Gasteiger partial charge in [0.05, 0.1) is 21.0 Å². The monoisotopic (exact) mass is 461 g/mol. The Morgan fingerprint density at radius 2 is 1.72 bits per heavy atom. The van der Waals surface area contributed by atoms with E-state index < -0.39 is 22.4 Å². The third-order valence-electron chi connectivity index (χ3n) is 4.31. The maximum absolute atomic E-state index is 12.8. The fraction of sp³-hybridized carbons (Fsp3) is 0.0526. The first-order valence-electron chi connectivity index (χ1n) is 8.84. The molecule has 0 amide bonds. The summed E-state index contributed by atoms with van der Waals surface area (Å²) >= 11 is 5.89. The second-order valence-corrected chi connectivity index (χ2v) is 6.76. The molecule has 4 rings (SSSR count). The van der Waals surface area contributed by atoms with Crippen LogP contribution in [0.1, 0.15) is 5.56 Å². The van der Waals surface area contributed by atoms with Gasteiger partial charge in [0.15, 0.2) is 5.82 Å². The number of anilines is 4. The third kappa shape index (κ3) is 4.21. The number of nitrogens with one attached hydrogen (secondary N) is 2. The van der Waals surface area contributed by atoms with Gasteiger partial charge in [-0.25, -0.2) is 15.0 Å². The molecule has 0 fully saturated rings. The number of nitrogens with zero attached hydrogens (tertiary/aromatic N) is 5. The summed E-state index contributed by atoms with van der Waals surface area (Å²) in [6.07, 6.45) is -1.41. The summed E-state index contributed by atoms with van der Waals surface area (Å²) in [6, 6.07) is 9.34. The molecule has 0 aliphatic rings. The molecule has 32 heavy (non-hydrogen) atoms. The molecule has 3 heterocycles. The highest BCUT2D eigenvalue weighted by Gasteiger charge is 2.32. The van der Waals surface area contributed by atoms with Gasteiger partial charge in [-0.3, -0.25) is 15.1 Å². The first-order valence-corrected chi connectivity index (χ1v) is 9.22. The molecule has 162 valence electrons. The minimum atomic E-state index is -4.64. The summed E-state index contributed by atoms with van der Waals surface area (Å²) in [7, 11) is 0. The predicted octanol–water partition coefficient (Wildman–Crippen LogP) is 5.49. The SMILES string of the molecule is O=[N+]([O-])c1c(Nc2ncc(C(F)(F)F)cc2Cl)ncnc1Nc1cccc2ncccc12. The quantitative estimate of drug-likeness (QED) is 0.296. The number of nitro groups is 1. The lowest BCUT2D eigenvalue weighted by molar-refractivity contribution is -0.383. The van der Waals surface area contributed by atoms with Gasteiger partial charge in [-0.2, -0.15) is 13.2 Å². The van der Waals surface area contributed by atoms with Crippen LogP contribution >= 0.6 is 11.6 Å². The van der Waals surface area contributed by atoms with E-state index in [9.17, 15) is 23.3 Å². The molecule has 0 aliphatic heterocycles. The van der Waals surface area contributed by atoms with Gasteiger partial charge in [-0.05, 0) is 30.3 Å². The lowest BCUT2D eigenvalue weighted by Gasteiger charge is -2.12. The molecule has 1 aromatic carbocycles. The first kappa shape index (κ1) is 21.2. The van der Waals surface area contributed by atoms with Crippen molar-refractivity contribution in [1.82, 2.24) is 19.9 Å². The van der Waals surface area contributed by atoms with Crippen molar-refractivity contribution in [2.45, 2.75) is 6.18 Å². The molecule has 0 aliphatic carbocycles. The maximum atomic E-state index is 12.8. The Labute approximate surface area is 182 Å². The normalized spacial score (nSPS) is 11.4. The van der Waals surface area contributed by atoms with Crippen molar-refractivity contribution in [3.63, 3.8) is 0 Å². The zero-order valence-corrected chi connectivity index (χ0v) is 16.5. The van der Waals surface area contributed by atoms with Gasteiger partial charge in [-0.1, -0.05) is 17.7 Å². The van der Waals surface area contributed by atoms with E-state index in [0.717, 1.165) is 6.33 Å². The Hall–Kier alpha value is -4.06. The average molecular weight is 462 g/mol. The summed E-state index contributed by atoms with van der Waals surface area (Å²) in [5, 5.41) is 17.5. The lowest BCUT2D eigenvalue weighted by Crippen LogP contribution is -2.08. The van der Waals surface area contributed by atoms with Gasteiger partial charge in [0.25, 0.3) is 0 Å². The lowest BCUT2D eigenvalue weighted by atomic mass is 10.2. The third-order valence-corrected chi connectivity index (χ3v) is 4.60. The van der Waals surface area contributed by atoms with Gasteiger partial charge < -0.3 is 10.6 Å². The highest BCUT2D eigenvalue weighted by molar-refractivity contribution is 6.33. The van der Waals surface area contributed by atoms with Crippen molar-refractivity contribution in [1.29, 1.82) is 0 Å².